The van der Waals surface area contributed by atoms with E-state index in [-0.39, 0.29) is 0 Å². The zero-order valence-electron chi connectivity index (χ0n) is 18.5. The zero-order valence-corrected chi connectivity index (χ0v) is 18.5. The fourth-order valence-corrected chi connectivity index (χ4v) is 5.96. The van der Waals surface area contributed by atoms with Gasteiger partial charge in [0.25, 0.3) is 0 Å². The Morgan fingerprint density at radius 2 is 1.88 bits per heavy atom. The molecule has 2 bridgehead atoms. The van der Waals surface area contributed by atoms with Crippen LogP contribution in [-0.4, -0.2) is 39.2 Å². The first kappa shape index (κ1) is 19.9. The average molecular weight is 430 g/mol. The third kappa shape index (κ3) is 3.92. The highest BCUT2D eigenvalue weighted by Gasteiger charge is 2.39. The van der Waals surface area contributed by atoms with Gasteiger partial charge in [0.1, 0.15) is 5.69 Å². The van der Waals surface area contributed by atoms with Crippen LogP contribution < -0.4 is 5.32 Å². The van der Waals surface area contributed by atoms with Crippen molar-refractivity contribution < 1.29 is 4.52 Å². The van der Waals surface area contributed by atoms with E-state index in [0.29, 0.717) is 6.04 Å². The van der Waals surface area contributed by atoms with Crippen molar-refractivity contribution in [1.29, 1.82) is 0 Å². The van der Waals surface area contributed by atoms with Crippen LogP contribution in [0.15, 0.2) is 47.1 Å². The number of likely N-dealkylation sites (tertiary alicyclic amines) is 1. The van der Waals surface area contributed by atoms with E-state index in [9.17, 15) is 0 Å². The zero-order chi connectivity index (χ0) is 21.3. The van der Waals surface area contributed by atoms with Gasteiger partial charge in [-0.3, -0.25) is 4.90 Å². The van der Waals surface area contributed by atoms with Gasteiger partial charge in [-0.15, -0.1) is 0 Å². The quantitative estimate of drug-likeness (QED) is 0.567. The number of anilines is 1. The molecule has 3 aromatic rings. The summed E-state index contributed by atoms with van der Waals surface area (Å²) in [6, 6.07) is 12.8. The Morgan fingerprint density at radius 1 is 1.00 bits per heavy atom. The fraction of sp³-hybridized carbons (Fsp3) is 0.500. The van der Waals surface area contributed by atoms with E-state index in [1.807, 2.05) is 30.5 Å². The van der Waals surface area contributed by atoms with E-state index in [2.05, 4.69) is 32.5 Å². The van der Waals surface area contributed by atoms with Crippen LogP contribution in [0.3, 0.4) is 0 Å². The lowest BCUT2D eigenvalue weighted by Gasteiger charge is -2.25. The maximum Gasteiger partial charge on any atom is 0.223 e. The van der Waals surface area contributed by atoms with Crippen molar-refractivity contribution in [2.45, 2.75) is 57.5 Å². The molecule has 3 unspecified atom stereocenters. The van der Waals surface area contributed by atoms with Crippen molar-refractivity contribution in [2.75, 3.05) is 18.4 Å². The van der Waals surface area contributed by atoms with Crippen molar-refractivity contribution in [3.05, 3.63) is 48.4 Å². The molecule has 1 aliphatic heterocycles. The summed E-state index contributed by atoms with van der Waals surface area (Å²) in [4.78, 5) is 12.0. The molecule has 6 heteroatoms. The van der Waals surface area contributed by atoms with Gasteiger partial charge in [-0.25, -0.2) is 9.97 Å². The van der Waals surface area contributed by atoms with E-state index < -0.39 is 0 Å². The number of hydrogen-bond donors (Lipinski definition) is 1. The smallest absolute Gasteiger partial charge is 0.223 e. The number of nitrogens with one attached hydrogen (secondary N) is 1. The molecule has 3 atom stereocenters. The van der Waals surface area contributed by atoms with Crippen LogP contribution in [-0.2, 0) is 6.54 Å². The summed E-state index contributed by atoms with van der Waals surface area (Å²) in [6.45, 7) is 3.00. The van der Waals surface area contributed by atoms with Crippen LogP contribution in [0, 0.1) is 11.8 Å². The molecule has 2 aromatic heterocycles. The number of aromatic nitrogens is 3. The second-order valence-corrected chi connectivity index (χ2v) is 9.72. The number of rotatable bonds is 6. The van der Waals surface area contributed by atoms with E-state index in [4.69, 9.17) is 9.51 Å². The third-order valence-corrected chi connectivity index (χ3v) is 7.59. The number of nitrogens with zero attached hydrogens (tertiary/aromatic N) is 4. The summed E-state index contributed by atoms with van der Waals surface area (Å²) in [7, 11) is 0. The van der Waals surface area contributed by atoms with Crippen molar-refractivity contribution in [3.63, 3.8) is 0 Å². The minimum absolute atomic E-state index is 0.507. The predicted octanol–water partition coefficient (Wildman–Crippen LogP) is 5.39. The first-order valence-electron chi connectivity index (χ1n) is 12.2. The summed E-state index contributed by atoms with van der Waals surface area (Å²) in [5.41, 5.74) is 3.80. The maximum atomic E-state index is 5.95. The van der Waals surface area contributed by atoms with Crippen LogP contribution in [0.4, 0.5) is 5.95 Å². The maximum absolute atomic E-state index is 5.95. The third-order valence-electron chi connectivity index (χ3n) is 7.59. The normalized spacial score (nSPS) is 25.3. The van der Waals surface area contributed by atoms with Gasteiger partial charge in [-0.2, -0.15) is 0 Å². The molecular weight excluding hydrogens is 398 g/mol. The van der Waals surface area contributed by atoms with Crippen molar-refractivity contribution in [3.8, 4) is 22.5 Å². The SMILES string of the molecule is c1ccc(-c2noc(CN3CCCCC3)c2-c2ccnc(NC3CC4CCC3C4)n2)cc1. The van der Waals surface area contributed by atoms with Gasteiger partial charge in [0, 0.05) is 17.8 Å². The molecule has 166 valence electrons. The molecule has 0 radical (unpaired) electrons. The molecule has 3 aliphatic rings. The molecule has 2 aliphatic carbocycles. The Bertz CT molecular complexity index is 1060. The minimum atomic E-state index is 0.507. The minimum Gasteiger partial charge on any atom is -0.359 e. The van der Waals surface area contributed by atoms with E-state index in [1.165, 1.54) is 44.9 Å². The standard InChI is InChI=1S/C26H31N5O/c1-3-7-19(8-4-1)25-24(23(32-30-25)17-31-13-5-2-6-14-31)21-11-12-27-26(28-21)29-22-16-18-9-10-20(22)15-18/h1,3-4,7-8,11-12,18,20,22H,2,5-6,9-10,13-17H2,(H,27,28,29). The molecule has 1 N–H and O–H groups in total. The number of hydrogen-bond acceptors (Lipinski definition) is 6. The largest absolute Gasteiger partial charge is 0.359 e. The van der Waals surface area contributed by atoms with E-state index in [1.54, 1.807) is 0 Å². The Hall–Kier alpha value is -2.73. The van der Waals surface area contributed by atoms with Gasteiger partial charge in [-0.1, -0.05) is 48.3 Å². The summed E-state index contributed by atoms with van der Waals surface area (Å²) >= 11 is 0. The molecular formula is C26H31N5O. The van der Waals surface area contributed by atoms with Crippen LogP contribution in [0.5, 0.6) is 0 Å². The Labute approximate surface area is 189 Å². The molecule has 2 saturated carbocycles. The molecule has 0 amide bonds. The van der Waals surface area contributed by atoms with E-state index >= 15 is 0 Å². The Balaban J connectivity index is 1.33. The molecule has 1 saturated heterocycles. The summed E-state index contributed by atoms with van der Waals surface area (Å²) in [5, 5.41) is 8.16. The summed E-state index contributed by atoms with van der Waals surface area (Å²) in [6.07, 6.45) is 11.0. The van der Waals surface area contributed by atoms with Gasteiger partial charge in [-0.05, 0) is 63.1 Å². The topological polar surface area (TPSA) is 67.1 Å². The lowest BCUT2D eigenvalue weighted by atomic mass is 9.95. The first-order chi connectivity index (χ1) is 15.8. The second-order valence-electron chi connectivity index (χ2n) is 9.72. The van der Waals surface area contributed by atoms with Crippen molar-refractivity contribution >= 4 is 5.95 Å². The summed E-state index contributed by atoms with van der Waals surface area (Å²) < 4.78 is 5.95. The molecule has 32 heavy (non-hydrogen) atoms. The van der Waals surface area contributed by atoms with Crippen LogP contribution in [0.2, 0.25) is 0 Å². The van der Waals surface area contributed by atoms with Gasteiger partial charge < -0.3 is 9.84 Å². The monoisotopic (exact) mass is 429 g/mol. The highest BCUT2D eigenvalue weighted by atomic mass is 16.5. The van der Waals surface area contributed by atoms with Gasteiger partial charge >= 0.3 is 0 Å². The lowest BCUT2D eigenvalue weighted by Crippen LogP contribution is -2.29. The Morgan fingerprint density at radius 3 is 2.66 bits per heavy atom. The highest BCUT2D eigenvalue weighted by Crippen LogP contribution is 2.45. The molecule has 0 spiro atoms. The number of benzene rings is 1. The fourth-order valence-electron chi connectivity index (χ4n) is 5.96. The lowest BCUT2D eigenvalue weighted by molar-refractivity contribution is 0.197. The highest BCUT2D eigenvalue weighted by molar-refractivity contribution is 5.80. The molecule has 1 aromatic carbocycles. The first-order valence-corrected chi connectivity index (χ1v) is 12.2. The molecule has 3 fully saturated rings. The summed E-state index contributed by atoms with van der Waals surface area (Å²) in [5.74, 6) is 3.29. The average Bonchev–Trinajstić information content (AvgIpc) is 3.57. The van der Waals surface area contributed by atoms with Crippen LogP contribution in [0.25, 0.3) is 22.5 Å². The van der Waals surface area contributed by atoms with Crippen LogP contribution in [0.1, 0.15) is 50.7 Å². The van der Waals surface area contributed by atoms with Crippen molar-refractivity contribution in [2.24, 2.45) is 11.8 Å². The number of piperidine rings is 1. The van der Waals surface area contributed by atoms with Gasteiger partial charge in [0.05, 0.1) is 17.8 Å². The van der Waals surface area contributed by atoms with Crippen LogP contribution >= 0.6 is 0 Å². The molecule has 6 nitrogen and oxygen atoms in total. The van der Waals surface area contributed by atoms with Gasteiger partial charge in [0.2, 0.25) is 5.95 Å². The van der Waals surface area contributed by atoms with Gasteiger partial charge in [0.15, 0.2) is 5.76 Å². The molecule has 6 rings (SSSR count). The predicted molar refractivity (Wildman–Crippen MR) is 125 cm³/mol. The Kier molecular flexibility index (Phi) is 5.39. The van der Waals surface area contributed by atoms with Crippen molar-refractivity contribution in [1.82, 2.24) is 20.0 Å². The van der Waals surface area contributed by atoms with E-state index in [0.717, 1.165) is 65.7 Å². The number of fused-ring (bicyclic) bond motifs is 2. The molecule has 3 heterocycles. The second kappa shape index (κ2) is 8.66.